The molecule has 9 rings (SSSR count). The summed E-state index contributed by atoms with van der Waals surface area (Å²) in [5.74, 6) is 1.74. The molecule has 0 radical (unpaired) electrons. The minimum Gasteiger partial charge on any atom is -0.504 e. The van der Waals surface area contributed by atoms with E-state index in [-0.39, 0.29) is 26.5 Å². The number of hydrogen-bond acceptors (Lipinski definition) is 6. The predicted molar refractivity (Wildman–Crippen MR) is 188 cm³/mol. The number of hydrogen-bond donors (Lipinski definition) is 0. The van der Waals surface area contributed by atoms with Crippen molar-refractivity contribution in [2.75, 3.05) is 16.8 Å². The Morgan fingerprint density at radius 1 is 0.750 bits per heavy atom. The van der Waals surface area contributed by atoms with Crippen molar-refractivity contribution in [1.82, 2.24) is 14.5 Å². The maximum Gasteiger partial charge on any atom is 0.137 e. The summed E-state index contributed by atoms with van der Waals surface area (Å²) in [5.41, 5.74) is 7.77. The number of benzene rings is 4. The van der Waals surface area contributed by atoms with Gasteiger partial charge in [-0.15, -0.1) is 17.5 Å². The van der Waals surface area contributed by atoms with Gasteiger partial charge < -0.3 is 23.5 Å². The van der Waals surface area contributed by atoms with Crippen molar-refractivity contribution in [3.05, 3.63) is 128 Å². The summed E-state index contributed by atoms with van der Waals surface area (Å²) in [7, 11) is 2.03. The number of anilines is 3. The van der Waals surface area contributed by atoms with Crippen LogP contribution in [-0.2, 0) is 26.5 Å². The number of nitrogens with zero attached hydrogens (tertiary/aromatic N) is 5. The Labute approximate surface area is 292 Å². The average Bonchev–Trinajstić information content (AvgIpc) is 3.72. The van der Waals surface area contributed by atoms with Gasteiger partial charge in [-0.2, -0.15) is 30.6 Å². The fraction of sp³-hybridized carbons (Fsp3) is 0.125. The van der Waals surface area contributed by atoms with Crippen LogP contribution >= 0.6 is 0 Å². The van der Waals surface area contributed by atoms with Crippen LogP contribution < -0.4 is 14.5 Å². The molecule has 0 fully saturated rings. The molecule has 8 heteroatoms. The van der Waals surface area contributed by atoms with E-state index >= 15 is 0 Å². The second-order valence-electron chi connectivity index (χ2n) is 13.0. The van der Waals surface area contributed by atoms with Gasteiger partial charge in [-0.25, -0.2) is 4.98 Å². The van der Waals surface area contributed by atoms with Crippen molar-refractivity contribution in [2.24, 2.45) is 0 Å². The molecule has 0 bridgehead atoms. The van der Waals surface area contributed by atoms with E-state index in [1.165, 1.54) is 5.56 Å². The van der Waals surface area contributed by atoms with Crippen molar-refractivity contribution in [1.29, 1.82) is 0 Å². The molecule has 1 aliphatic rings. The molecule has 0 aliphatic carbocycles. The van der Waals surface area contributed by atoms with Gasteiger partial charge in [0.2, 0.25) is 0 Å². The molecule has 0 saturated carbocycles. The second-order valence-corrected chi connectivity index (χ2v) is 13.0. The van der Waals surface area contributed by atoms with Crippen LogP contribution in [-0.4, -0.2) is 21.6 Å². The zero-order chi connectivity index (χ0) is 31.9. The molecule has 4 aromatic carbocycles. The Morgan fingerprint density at radius 3 is 2.40 bits per heavy atom. The molecule has 0 amide bonds. The van der Waals surface area contributed by atoms with Gasteiger partial charge in [0.25, 0.3) is 0 Å². The molecule has 48 heavy (non-hydrogen) atoms. The first-order chi connectivity index (χ1) is 22.8. The third kappa shape index (κ3) is 4.84. The summed E-state index contributed by atoms with van der Waals surface area (Å²) in [6, 6.07) is 37.9. The summed E-state index contributed by atoms with van der Waals surface area (Å²) in [4.78, 5) is 13.5. The molecule has 0 saturated heterocycles. The summed E-state index contributed by atoms with van der Waals surface area (Å²) >= 11 is 0. The van der Waals surface area contributed by atoms with Crippen LogP contribution in [0.1, 0.15) is 26.3 Å². The first-order valence-corrected chi connectivity index (χ1v) is 15.6. The quantitative estimate of drug-likeness (QED) is 0.165. The Kier molecular flexibility index (Phi) is 7.08. The summed E-state index contributed by atoms with van der Waals surface area (Å²) < 4.78 is 14.7. The number of para-hydroxylation sites is 2. The number of fused-ring (bicyclic) bond motifs is 7. The molecular formula is C40H30N5O2Pt-3. The SMILES string of the molecule is CN1[CH-]N(c2[c-]c(Oc3[c-]c4c(cc3)c3ccccc3n4-c3cc(C(C)(C)C)ccn3)ncc2)c2cc3c(cc21)oc1ccccc13.[Pt]. The molecule has 8 aromatic rings. The van der Waals surface area contributed by atoms with Gasteiger partial charge in [-0.05, 0) is 59.9 Å². The molecule has 5 heterocycles. The van der Waals surface area contributed by atoms with Crippen molar-refractivity contribution >= 4 is 60.8 Å². The fourth-order valence-corrected chi connectivity index (χ4v) is 6.55. The van der Waals surface area contributed by atoms with Gasteiger partial charge >= 0.3 is 0 Å². The standard InChI is InChI=1S/C40H30N5O2.Pt/c1-40(2,3)25-15-17-41-38(19-25)45-32-11-7-5-9-28(32)29-14-13-27(21-33(29)45)46-39-20-26(16-18-42-39)44-24-43(4)34-23-37-31(22-35(34)44)30-10-6-8-12-36(30)47-37;/h5-19,22-24H,1-4H3;/q-3;. The predicted octanol–water partition coefficient (Wildman–Crippen LogP) is 9.87. The van der Waals surface area contributed by atoms with Crippen LogP contribution in [0.2, 0.25) is 0 Å². The number of aromatic nitrogens is 3. The Morgan fingerprint density at radius 2 is 1.54 bits per heavy atom. The minimum atomic E-state index is -0.0125. The smallest absolute Gasteiger partial charge is 0.137 e. The Balaban J connectivity index is 0.00000336. The summed E-state index contributed by atoms with van der Waals surface area (Å²) in [6.45, 7) is 8.68. The van der Waals surface area contributed by atoms with E-state index in [1.807, 2.05) is 50.2 Å². The van der Waals surface area contributed by atoms with E-state index < -0.39 is 0 Å². The molecule has 0 atom stereocenters. The zero-order valence-corrected chi connectivity index (χ0v) is 29.0. The van der Waals surface area contributed by atoms with Crippen LogP contribution in [0.25, 0.3) is 49.6 Å². The molecule has 0 unspecified atom stereocenters. The maximum absolute atomic E-state index is 6.36. The van der Waals surface area contributed by atoms with Gasteiger partial charge in [0.15, 0.2) is 0 Å². The van der Waals surface area contributed by atoms with Crippen molar-refractivity contribution in [2.45, 2.75) is 26.2 Å². The summed E-state index contributed by atoms with van der Waals surface area (Å²) in [5, 5.41) is 4.36. The van der Waals surface area contributed by atoms with Crippen LogP contribution in [0.4, 0.5) is 17.1 Å². The second kappa shape index (κ2) is 11.2. The third-order valence-corrected chi connectivity index (χ3v) is 8.92. The maximum atomic E-state index is 6.36. The number of furan rings is 1. The van der Waals surface area contributed by atoms with Gasteiger partial charge in [-0.3, -0.25) is 4.98 Å². The molecule has 0 spiro atoms. The third-order valence-electron chi connectivity index (χ3n) is 8.92. The van der Waals surface area contributed by atoms with E-state index in [1.54, 1.807) is 6.20 Å². The van der Waals surface area contributed by atoms with E-state index in [2.05, 4.69) is 113 Å². The monoisotopic (exact) mass is 807 g/mol. The normalized spacial score (nSPS) is 13.1. The van der Waals surface area contributed by atoms with E-state index in [4.69, 9.17) is 14.1 Å². The van der Waals surface area contributed by atoms with E-state index in [0.717, 1.165) is 66.6 Å². The first-order valence-electron chi connectivity index (χ1n) is 15.6. The van der Waals surface area contributed by atoms with Crippen LogP contribution in [0, 0.1) is 18.8 Å². The van der Waals surface area contributed by atoms with Crippen molar-refractivity contribution in [3.8, 4) is 17.4 Å². The van der Waals surface area contributed by atoms with Gasteiger partial charge in [0.05, 0.1) is 0 Å². The number of rotatable bonds is 4. The van der Waals surface area contributed by atoms with Gasteiger partial charge in [-0.1, -0.05) is 62.7 Å². The number of ether oxygens (including phenoxy) is 1. The molecule has 7 nitrogen and oxygen atoms in total. The number of pyridine rings is 2. The first kappa shape index (κ1) is 30.2. The largest absolute Gasteiger partial charge is 0.504 e. The van der Waals surface area contributed by atoms with Gasteiger partial charge in [0.1, 0.15) is 22.9 Å². The van der Waals surface area contributed by atoms with Crippen LogP contribution in [0.3, 0.4) is 0 Å². The van der Waals surface area contributed by atoms with Crippen molar-refractivity contribution in [3.63, 3.8) is 0 Å². The van der Waals surface area contributed by atoms with Crippen LogP contribution in [0.5, 0.6) is 11.6 Å². The molecule has 4 aromatic heterocycles. The minimum absolute atomic E-state index is 0. The Bertz CT molecular complexity index is 2510. The zero-order valence-electron chi connectivity index (χ0n) is 26.8. The van der Waals surface area contributed by atoms with E-state index in [0.29, 0.717) is 11.6 Å². The molecule has 240 valence electrons. The van der Waals surface area contributed by atoms with Crippen molar-refractivity contribution < 1.29 is 30.2 Å². The Hall–Kier alpha value is -5.13. The molecule has 1 aliphatic heterocycles. The topological polar surface area (TPSA) is 59.6 Å². The van der Waals surface area contributed by atoms with Crippen LogP contribution in [0.15, 0.2) is 108 Å². The van der Waals surface area contributed by atoms with Gasteiger partial charge in [0, 0.05) is 66.7 Å². The average molecular weight is 808 g/mol. The fourth-order valence-electron chi connectivity index (χ4n) is 6.55. The summed E-state index contributed by atoms with van der Waals surface area (Å²) in [6.07, 6.45) is 3.63. The molecular weight excluding hydrogens is 778 g/mol. The van der Waals surface area contributed by atoms with E-state index in [9.17, 15) is 0 Å². The molecule has 0 N–H and O–H groups in total.